The van der Waals surface area contributed by atoms with E-state index in [-0.39, 0.29) is 5.84 Å². The molecule has 0 aliphatic carbocycles. The number of pyridine rings is 1. The largest absolute Gasteiger partial charge is 0.431 e. The fraction of sp³-hybridized carbons (Fsp3) is 0. The van der Waals surface area contributed by atoms with Crippen LogP contribution in [0.1, 0.15) is 5.56 Å². The second kappa shape index (κ2) is 4.74. The second-order valence-corrected chi connectivity index (χ2v) is 4.76. The summed E-state index contributed by atoms with van der Waals surface area (Å²) in [6.45, 7) is 0. The highest BCUT2D eigenvalue weighted by Crippen LogP contribution is 2.30. The molecular formula is C13H10N4OS. The number of nitrogens with zero attached hydrogens (tertiary/aromatic N) is 2. The summed E-state index contributed by atoms with van der Waals surface area (Å²) in [4.78, 5) is 8.56. The van der Waals surface area contributed by atoms with Crippen molar-refractivity contribution in [1.82, 2.24) is 9.97 Å². The number of nitrogen functional groups attached to an aromatic ring is 1. The van der Waals surface area contributed by atoms with Gasteiger partial charge in [0.25, 0.3) is 5.22 Å². The smallest absolute Gasteiger partial charge is 0.263 e. The predicted octanol–water partition coefficient (Wildman–Crippen LogP) is 2.66. The number of rotatable bonds is 3. The number of nitrogens with one attached hydrogen (secondary N) is 1. The third-order valence-electron chi connectivity index (χ3n) is 2.52. The van der Waals surface area contributed by atoms with Gasteiger partial charge in [-0.25, -0.2) is 9.97 Å². The molecule has 6 heteroatoms. The summed E-state index contributed by atoms with van der Waals surface area (Å²) in [5.41, 5.74) is 7.62. The van der Waals surface area contributed by atoms with E-state index in [2.05, 4.69) is 9.97 Å². The third-order valence-corrected chi connectivity index (χ3v) is 3.39. The molecule has 3 N–H and O–H groups in total. The molecule has 0 atom stereocenters. The average molecular weight is 270 g/mol. The Kier molecular flexibility index (Phi) is 2.92. The number of para-hydroxylation sites is 2. The fourth-order valence-electron chi connectivity index (χ4n) is 1.65. The van der Waals surface area contributed by atoms with Gasteiger partial charge in [-0.2, -0.15) is 0 Å². The molecule has 0 fully saturated rings. The Bertz CT molecular complexity index is 720. The van der Waals surface area contributed by atoms with E-state index in [1.165, 1.54) is 11.8 Å². The average Bonchev–Trinajstić information content (AvgIpc) is 2.81. The van der Waals surface area contributed by atoms with E-state index in [9.17, 15) is 0 Å². The molecule has 0 amide bonds. The Morgan fingerprint density at radius 1 is 1.21 bits per heavy atom. The van der Waals surface area contributed by atoms with E-state index in [4.69, 9.17) is 15.6 Å². The minimum absolute atomic E-state index is 0.0216. The van der Waals surface area contributed by atoms with E-state index in [1.54, 1.807) is 18.3 Å². The second-order valence-electron chi connectivity index (χ2n) is 3.82. The summed E-state index contributed by atoms with van der Waals surface area (Å²) in [5.74, 6) is -0.0216. The lowest BCUT2D eigenvalue weighted by Gasteiger charge is -2.03. The number of fused-ring (bicyclic) bond motifs is 1. The summed E-state index contributed by atoms with van der Waals surface area (Å²) < 4.78 is 5.61. The van der Waals surface area contributed by atoms with Gasteiger partial charge in [0.2, 0.25) is 0 Å². The Balaban J connectivity index is 1.99. The van der Waals surface area contributed by atoms with Crippen LogP contribution in [0.3, 0.4) is 0 Å². The molecule has 3 rings (SSSR count). The summed E-state index contributed by atoms with van der Waals surface area (Å²) in [5, 5.41) is 8.62. The molecule has 3 aromatic rings. The van der Waals surface area contributed by atoms with Gasteiger partial charge in [0, 0.05) is 11.8 Å². The van der Waals surface area contributed by atoms with Gasteiger partial charge < -0.3 is 10.2 Å². The molecule has 19 heavy (non-hydrogen) atoms. The molecule has 2 heterocycles. The van der Waals surface area contributed by atoms with Crippen LogP contribution in [0.15, 0.2) is 57.3 Å². The zero-order chi connectivity index (χ0) is 13.2. The van der Waals surface area contributed by atoms with Gasteiger partial charge in [-0.15, -0.1) is 0 Å². The van der Waals surface area contributed by atoms with Gasteiger partial charge in [0.1, 0.15) is 16.4 Å². The molecule has 0 spiro atoms. The molecule has 0 unspecified atom stereocenters. The molecular weight excluding hydrogens is 260 g/mol. The number of oxazole rings is 1. The summed E-state index contributed by atoms with van der Waals surface area (Å²) >= 11 is 1.26. The van der Waals surface area contributed by atoms with Crippen LogP contribution in [0.25, 0.3) is 11.1 Å². The highest BCUT2D eigenvalue weighted by atomic mass is 32.2. The van der Waals surface area contributed by atoms with Crippen molar-refractivity contribution < 1.29 is 4.42 Å². The molecule has 94 valence electrons. The summed E-state index contributed by atoms with van der Waals surface area (Å²) in [7, 11) is 0. The lowest BCUT2D eigenvalue weighted by molar-refractivity contribution is 0.489. The van der Waals surface area contributed by atoms with E-state index < -0.39 is 0 Å². The van der Waals surface area contributed by atoms with E-state index in [0.717, 1.165) is 11.1 Å². The van der Waals surface area contributed by atoms with Crippen LogP contribution in [0.2, 0.25) is 0 Å². The van der Waals surface area contributed by atoms with Gasteiger partial charge in [-0.3, -0.25) is 5.41 Å². The third kappa shape index (κ3) is 2.30. The molecule has 5 nitrogen and oxygen atoms in total. The zero-order valence-corrected chi connectivity index (χ0v) is 10.6. The SMILES string of the molecule is N=C(N)c1cccnc1Sc1nc2ccccc2o1. The lowest BCUT2D eigenvalue weighted by atomic mass is 10.3. The highest BCUT2D eigenvalue weighted by molar-refractivity contribution is 7.99. The van der Waals surface area contributed by atoms with Crippen LogP contribution in [0, 0.1) is 5.41 Å². The van der Waals surface area contributed by atoms with Crippen molar-refractivity contribution in [2.24, 2.45) is 5.73 Å². The number of benzene rings is 1. The number of nitrogens with two attached hydrogens (primary N) is 1. The maximum absolute atomic E-state index is 7.52. The molecule has 0 saturated carbocycles. The zero-order valence-electron chi connectivity index (χ0n) is 9.83. The minimum atomic E-state index is -0.0216. The first-order valence-corrected chi connectivity index (χ1v) is 6.38. The topological polar surface area (TPSA) is 88.8 Å². The molecule has 1 aromatic carbocycles. The molecule has 0 aliphatic rings. The van der Waals surface area contributed by atoms with Gasteiger partial charge in [-0.1, -0.05) is 12.1 Å². The van der Waals surface area contributed by atoms with Crippen LogP contribution < -0.4 is 5.73 Å². The minimum Gasteiger partial charge on any atom is -0.431 e. The van der Waals surface area contributed by atoms with Gasteiger partial charge in [0.05, 0.1) is 0 Å². The maximum atomic E-state index is 7.52. The Labute approximate surface area is 113 Å². The van der Waals surface area contributed by atoms with E-state index in [0.29, 0.717) is 15.8 Å². The van der Waals surface area contributed by atoms with E-state index in [1.807, 2.05) is 24.3 Å². The van der Waals surface area contributed by atoms with Gasteiger partial charge in [-0.05, 0) is 36.0 Å². The van der Waals surface area contributed by atoms with Crippen molar-refractivity contribution in [2.45, 2.75) is 10.2 Å². The summed E-state index contributed by atoms with van der Waals surface area (Å²) in [6, 6.07) is 11.0. The monoisotopic (exact) mass is 270 g/mol. The first-order valence-electron chi connectivity index (χ1n) is 5.57. The Morgan fingerprint density at radius 3 is 2.84 bits per heavy atom. The molecule has 0 bridgehead atoms. The predicted molar refractivity (Wildman–Crippen MR) is 73.4 cm³/mol. The fourth-order valence-corrected chi connectivity index (χ4v) is 2.50. The Morgan fingerprint density at radius 2 is 2.05 bits per heavy atom. The maximum Gasteiger partial charge on any atom is 0.263 e. The Hall–Kier alpha value is -2.34. The van der Waals surface area contributed by atoms with Crippen molar-refractivity contribution in [2.75, 3.05) is 0 Å². The first-order chi connectivity index (χ1) is 9.24. The number of hydrogen-bond acceptors (Lipinski definition) is 5. The molecule has 2 aromatic heterocycles. The van der Waals surface area contributed by atoms with Gasteiger partial charge in [0.15, 0.2) is 5.58 Å². The molecule has 0 saturated heterocycles. The van der Waals surface area contributed by atoms with Crippen molar-refractivity contribution in [3.63, 3.8) is 0 Å². The van der Waals surface area contributed by atoms with Crippen LogP contribution >= 0.6 is 11.8 Å². The van der Waals surface area contributed by atoms with Gasteiger partial charge >= 0.3 is 0 Å². The van der Waals surface area contributed by atoms with Crippen LogP contribution in [-0.4, -0.2) is 15.8 Å². The normalized spacial score (nSPS) is 10.7. The van der Waals surface area contributed by atoms with Crippen molar-refractivity contribution in [1.29, 1.82) is 5.41 Å². The van der Waals surface area contributed by atoms with E-state index >= 15 is 0 Å². The number of amidine groups is 1. The standard InChI is InChI=1S/C13H10N4OS/c14-11(15)8-4-3-7-16-12(8)19-13-17-9-5-1-2-6-10(9)18-13/h1-7H,(H3,14,15). The summed E-state index contributed by atoms with van der Waals surface area (Å²) in [6.07, 6.45) is 1.65. The van der Waals surface area contributed by atoms with Crippen LogP contribution in [-0.2, 0) is 0 Å². The van der Waals surface area contributed by atoms with Crippen molar-refractivity contribution >= 4 is 28.7 Å². The number of aromatic nitrogens is 2. The number of hydrogen-bond donors (Lipinski definition) is 2. The highest BCUT2D eigenvalue weighted by Gasteiger charge is 2.12. The molecule has 0 aliphatic heterocycles. The quantitative estimate of drug-likeness (QED) is 0.564. The molecule has 0 radical (unpaired) electrons. The first kappa shape index (κ1) is 11.7. The van der Waals surface area contributed by atoms with Crippen LogP contribution in [0.5, 0.6) is 0 Å². The van der Waals surface area contributed by atoms with Crippen LogP contribution in [0.4, 0.5) is 0 Å². The van der Waals surface area contributed by atoms with Crippen molar-refractivity contribution in [3.05, 3.63) is 48.2 Å². The lowest BCUT2D eigenvalue weighted by Crippen LogP contribution is -2.12. The van der Waals surface area contributed by atoms with Crippen molar-refractivity contribution in [3.8, 4) is 0 Å².